The fourth-order valence-corrected chi connectivity index (χ4v) is 2.92. The number of aryl methyl sites for hydroxylation is 1. The largest absolute Gasteiger partial charge is 0.459 e. The van der Waals surface area contributed by atoms with Crippen molar-refractivity contribution in [1.82, 2.24) is 4.57 Å². The number of esters is 1. The minimum absolute atomic E-state index is 0.0443. The number of furan rings is 1. The van der Waals surface area contributed by atoms with E-state index >= 15 is 0 Å². The molecule has 1 aliphatic carbocycles. The van der Waals surface area contributed by atoms with E-state index in [0.29, 0.717) is 11.6 Å². The van der Waals surface area contributed by atoms with E-state index in [1.54, 1.807) is 23.9 Å². The number of ether oxygens (including phenoxy) is 1. The maximum atomic E-state index is 12.5. The van der Waals surface area contributed by atoms with E-state index in [0.717, 1.165) is 25.7 Å². The lowest BCUT2D eigenvalue weighted by Gasteiger charge is -2.21. The van der Waals surface area contributed by atoms with Crippen molar-refractivity contribution in [2.24, 2.45) is 0 Å². The first kappa shape index (κ1) is 14.5. The van der Waals surface area contributed by atoms with Crippen LogP contribution in [0.1, 0.15) is 53.8 Å². The fraction of sp³-hybridized carbons (Fsp3) is 0.412. The lowest BCUT2D eigenvalue weighted by molar-refractivity contribution is 0.0209. The first-order chi connectivity index (χ1) is 10.7. The summed E-state index contributed by atoms with van der Waals surface area (Å²) < 4.78 is 12.9. The lowest BCUT2D eigenvalue weighted by atomic mass is 9.98. The second-order valence-electron chi connectivity index (χ2n) is 5.58. The molecule has 2 heterocycles. The summed E-state index contributed by atoms with van der Waals surface area (Å²) in [6, 6.07) is 5.74. The van der Waals surface area contributed by atoms with Crippen LogP contribution in [0.2, 0.25) is 0 Å². The van der Waals surface area contributed by atoms with Gasteiger partial charge in [0.25, 0.3) is 0 Å². The highest BCUT2D eigenvalue weighted by atomic mass is 16.5. The van der Waals surface area contributed by atoms with E-state index in [9.17, 15) is 10.1 Å². The molecule has 22 heavy (non-hydrogen) atoms. The van der Waals surface area contributed by atoms with E-state index in [-0.39, 0.29) is 17.2 Å². The molecule has 0 N–H and O–H groups in total. The van der Waals surface area contributed by atoms with Crippen molar-refractivity contribution >= 4 is 5.97 Å². The average molecular weight is 298 g/mol. The van der Waals surface area contributed by atoms with Crippen LogP contribution in [0, 0.1) is 18.3 Å². The van der Waals surface area contributed by atoms with Gasteiger partial charge in [-0.1, -0.05) is 6.42 Å². The van der Waals surface area contributed by atoms with Crippen LogP contribution in [0.3, 0.4) is 0 Å². The van der Waals surface area contributed by atoms with E-state index in [4.69, 9.17) is 9.15 Å². The maximum Gasteiger partial charge on any atom is 0.343 e. The monoisotopic (exact) mass is 298 g/mol. The number of hydrogen-bond acceptors (Lipinski definition) is 4. The van der Waals surface area contributed by atoms with Crippen LogP contribution in [0.15, 0.2) is 28.9 Å². The normalized spacial score (nSPS) is 15.5. The maximum absolute atomic E-state index is 12.5. The van der Waals surface area contributed by atoms with Crippen LogP contribution >= 0.6 is 0 Å². The molecule has 0 saturated heterocycles. The van der Waals surface area contributed by atoms with Crippen molar-refractivity contribution < 1.29 is 13.9 Å². The minimum Gasteiger partial charge on any atom is -0.459 e. The second kappa shape index (κ2) is 6.10. The highest BCUT2D eigenvalue weighted by molar-refractivity contribution is 5.94. The van der Waals surface area contributed by atoms with E-state index in [1.807, 2.05) is 12.1 Å². The van der Waals surface area contributed by atoms with E-state index < -0.39 is 5.97 Å². The van der Waals surface area contributed by atoms with Gasteiger partial charge < -0.3 is 9.15 Å². The van der Waals surface area contributed by atoms with Crippen molar-refractivity contribution in [1.29, 1.82) is 5.26 Å². The number of nitriles is 1. The Balaban J connectivity index is 1.90. The second-order valence-corrected chi connectivity index (χ2v) is 5.58. The number of hydrogen-bond donors (Lipinski definition) is 0. The van der Waals surface area contributed by atoms with E-state index in [1.165, 1.54) is 6.42 Å². The van der Waals surface area contributed by atoms with Crippen LogP contribution in [0.25, 0.3) is 5.88 Å². The quantitative estimate of drug-likeness (QED) is 0.809. The van der Waals surface area contributed by atoms with Gasteiger partial charge in [-0.3, -0.25) is 4.57 Å². The molecule has 1 saturated carbocycles. The molecule has 0 radical (unpaired) electrons. The summed E-state index contributed by atoms with van der Waals surface area (Å²) in [5.41, 5.74) is 0.478. The molecule has 0 spiro atoms. The zero-order valence-corrected chi connectivity index (χ0v) is 12.5. The Morgan fingerprint density at radius 3 is 2.64 bits per heavy atom. The summed E-state index contributed by atoms with van der Waals surface area (Å²) in [7, 11) is 0. The van der Waals surface area contributed by atoms with Gasteiger partial charge in [0, 0.05) is 12.4 Å². The topological polar surface area (TPSA) is 68.2 Å². The van der Waals surface area contributed by atoms with Gasteiger partial charge in [-0.05, 0) is 44.7 Å². The zero-order chi connectivity index (χ0) is 15.5. The first-order valence-corrected chi connectivity index (χ1v) is 7.58. The van der Waals surface area contributed by atoms with Crippen LogP contribution in [0.4, 0.5) is 0 Å². The molecule has 2 aromatic heterocycles. The van der Waals surface area contributed by atoms with E-state index in [2.05, 4.69) is 6.07 Å². The molecule has 0 amide bonds. The molecule has 0 bridgehead atoms. The van der Waals surface area contributed by atoms with Crippen molar-refractivity contribution in [3.8, 4) is 12.0 Å². The Bertz CT molecular complexity index is 701. The van der Waals surface area contributed by atoms with Gasteiger partial charge >= 0.3 is 5.97 Å². The number of aromatic nitrogens is 1. The van der Waals surface area contributed by atoms with Crippen LogP contribution in [-0.2, 0) is 4.74 Å². The molecule has 0 unspecified atom stereocenters. The summed E-state index contributed by atoms with van der Waals surface area (Å²) in [5, 5.41) is 9.44. The van der Waals surface area contributed by atoms with Crippen molar-refractivity contribution in [3.63, 3.8) is 0 Å². The van der Waals surface area contributed by atoms with Crippen molar-refractivity contribution in [2.45, 2.75) is 45.1 Å². The lowest BCUT2D eigenvalue weighted by Crippen LogP contribution is -2.21. The van der Waals surface area contributed by atoms with Crippen LogP contribution in [0.5, 0.6) is 0 Å². The Labute approximate surface area is 129 Å². The average Bonchev–Trinajstić information content (AvgIpc) is 3.15. The van der Waals surface area contributed by atoms with Gasteiger partial charge in [0.05, 0.1) is 0 Å². The Kier molecular flexibility index (Phi) is 4.01. The van der Waals surface area contributed by atoms with Gasteiger partial charge in [-0.2, -0.15) is 5.26 Å². The third-order valence-corrected chi connectivity index (χ3v) is 4.05. The molecular formula is C17H18N2O3. The molecule has 114 valence electrons. The molecule has 5 nitrogen and oxygen atoms in total. The number of rotatable bonds is 3. The molecule has 3 rings (SSSR count). The predicted octanol–water partition coefficient (Wildman–Crippen LogP) is 3.74. The van der Waals surface area contributed by atoms with Crippen LogP contribution in [-0.4, -0.2) is 16.6 Å². The number of nitrogens with zero attached hydrogens (tertiary/aromatic N) is 2. The Morgan fingerprint density at radius 1 is 1.32 bits per heavy atom. The Hall–Kier alpha value is -2.48. The third-order valence-electron chi connectivity index (χ3n) is 4.05. The number of carbonyl (C=O) groups excluding carboxylic acids is 1. The molecular weight excluding hydrogens is 280 g/mol. The SMILES string of the molecule is Cc1oc(-n2cccc2)c(C#N)c1C(=O)OC1CCCCC1. The summed E-state index contributed by atoms with van der Waals surface area (Å²) in [4.78, 5) is 12.5. The minimum atomic E-state index is -0.455. The standard InChI is InChI=1S/C17H18N2O3/c1-12-15(17(20)22-13-7-3-2-4-8-13)14(11-18)16(21-12)19-9-5-6-10-19/h5-6,9-10,13H,2-4,7-8H2,1H3. The van der Waals surface area contributed by atoms with Crippen LogP contribution < -0.4 is 0 Å². The van der Waals surface area contributed by atoms with Gasteiger partial charge in [-0.15, -0.1) is 0 Å². The van der Waals surface area contributed by atoms with Crippen molar-refractivity contribution in [2.75, 3.05) is 0 Å². The molecule has 2 aromatic rings. The smallest absolute Gasteiger partial charge is 0.343 e. The first-order valence-electron chi connectivity index (χ1n) is 7.58. The summed E-state index contributed by atoms with van der Waals surface area (Å²) in [6.07, 6.45) is 8.66. The molecule has 1 fully saturated rings. The summed E-state index contributed by atoms with van der Waals surface area (Å²) in [6.45, 7) is 1.69. The molecule has 0 aliphatic heterocycles. The fourth-order valence-electron chi connectivity index (χ4n) is 2.92. The molecule has 5 heteroatoms. The highest BCUT2D eigenvalue weighted by Gasteiger charge is 2.28. The molecule has 0 atom stereocenters. The van der Waals surface area contributed by atoms with Crippen molar-refractivity contribution in [3.05, 3.63) is 41.4 Å². The summed E-state index contributed by atoms with van der Waals surface area (Å²) in [5.74, 6) is 0.324. The Morgan fingerprint density at radius 2 is 2.00 bits per heavy atom. The van der Waals surface area contributed by atoms with Gasteiger partial charge in [0.2, 0.25) is 5.88 Å². The zero-order valence-electron chi connectivity index (χ0n) is 12.5. The third kappa shape index (κ3) is 2.64. The highest BCUT2D eigenvalue weighted by Crippen LogP contribution is 2.28. The van der Waals surface area contributed by atoms with Gasteiger partial charge in [0.1, 0.15) is 29.1 Å². The summed E-state index contributed by atoms with van der Waals surface area (Å²) >= 11 is 0. The number of carbonyl (C=O) groups is 1. The van der Waals surface area contributed by atoms with Gasteiger partial charge in [0.15, 0.2) is 0 Å². The molecule has 0 aromatic carbocycles. The molecule has 1 aliphatic rings. The van der Waals surface area contributed by atoms with Gasteiger partial charge in [-0.25, -0.2) is 4.79 Å². The predicted molar refractivity (Wildman–Crippen MR) is 79.8 cm³/mol.